The minimum Gasteiger partial charge on any atom is -0.454 e. The minimum absolute atomic E-state index is 0.0200. The van der Waals surface area contributed by atoms with E-state index in [0.717, 1.165) is 18.4 Å². The van der Waals surface area contributed by atoms with Crippen molar-refractivity contribution in [2.45, 2.75) is 79.2 Å². The van der Waals surface area contributed by atoms with Crippen LogP contribution in [-0.4, -0.2) is 17.9 Å². The van der Waals surface area contributed by atoms with Crippen molar-refractivity contribution in [3.05, 3.63) is 11.1 Å². The number of ether oxygens (including phenoxy) is 1. The van der Waals surface area contributed by atoms with Crippen molar-refractivity contribution in [1.29, 1.82) is 0 Å². The number of allylic oxidation sites excluding steroid dienone is 1. The molecule has 0 heterocycles. The molecule has 2 aliphatic rings. The molecule has 1 saturated carbocycles. The Morgan fingerprint density at radius 1 is 1.33 bits per heavy atom. The van der Waals surface area contributed by atoms with E-state index < -0.39 is 6.10 Å². The van der Waals surface area contributed by atoms with Crippen molar-refractivity contribution in [2.24, 2.45) is 10.8 Å². The van der Waals surface area contributed by atoms with Gasteiger partial charge in [-0.05, 0) is 42.6 Å². The maximum atomic E-state index is 12.5. The van der Waals surface area contributed by atoms with Crippen molar-refractivity contribution in [1.82, 2.24) is 0 Å². The van der Waals surface area contributed by atoms with Crippen LogP contribution in [-0.2, 0) is 14.3 Å². The van der Waals surface area contributed by atoms with Gasteiger partial charge in [-0.2, -0.15) is 0 Å². The predicted octanol–water partition coefficient (Wildman–Crippen LogP) is 4.20. The molecule has 0 amide bonds. The van der Waals surface area contributed by atoms with Gasteiger partial charge in [0.1, 0.15) is 0 Å². The lowest BCUT2D eigenvalue weighted by Gasteiger charge is -2.43. The molecule has 0 saturated heterocycles. The number of hydrogen-bond donors (Lipinski definition) is 0. The Labute approximate surface area is 128 Å². The molecule has 21 heavy (non-hydrogen) atoms. The number of hydrogen-bond acceptors (Lipinski definition) is 3. The Kier molecular flexibility index (Phi) is 4.32. The Morgan fingerprint density at radius 3 is 2.62 bits per heavy atom. The summed E-state index contributed by atoms with van der Waals surface area (Å²) < 4.78 is 5.54. The highest BCUT2D eigenvalue weighted by Gasteiger charge is 2.44. The summed E-state index contributed by atoms with van der Waals surface area (Å²) >= 11 is 0. The van der Waals surface area contributed by atoms with Crippen LogP contribution in [0.2, 0.25) is 0 Å². The van der Waals surface area contributed by atoms with Gasteiger partial charge in [-0.1, -0.05) is 39.7 Å². The second kappa shape index (κ2) is 5.58. The van der Waals surface area contributed by atoms with Crippen molar-refractivity contribution in [3.8, 4) is 0 Å². The van der Waals surface area contributed by atoms with Gasteiger partial charge in [0.15, 0.2) is 11.9 Å². The first kappa shape index (κ1) is 16.3. The number of carbonyl (C=O) groups excluding carboxylic acids is 2. The normalized spacial score (nSPS) is 30.1. The van der Waals surface area contributed by atoms with E-state index in [1.165, 1.54) is 18.4 Å². The maximum Gasteiger partial charge on any atom is 0.307 e. The molecule has 2 atom stereocenters. The highest BCUT2D eigenvalue weighted by Crippen LogP contribution is 2.49. The smallest absolute Gasteiger partial charge is 0.307 e. The predicted molar refractivity (Wildman–Crippen MR) is 82.9 cm³/mol. The van der Waals surface area contributed by atoms with Crippen LogP contribution in [0.1, 0.15) is 73.1 Å². The van der Waals surface area contributed by atoms with Crippen molar-refractivity contribution >= 4 is 11.8 Å². The third kappa shape index (κ3) is 3.56. The van der Waals surface area contributed by atoms with Gasteiger partial charge in [0, 0.05) is 6.42 Å². The molecule has 3 heteroatoms. The van der Waals surface area contributed by atoms with Crippen LogP contribution < -0.4 is 0 Å². The molecule has 0 aliphatic heterocycles. The van der Waals surface area contributed by atoms with E-state index in [-0.39, 0.29) is 22.6 Å². The molecule has 0 radical (unpaired) electrons. The average Bonchev–Trinajstić information content (AvgIpc) is 2.33. The lowest BCUT2D eigenvalue weighted by molar-refractivity contribution is -0.158. The Morgan fingerprint density at radius 2 is 2.00 bits per heavy atom. The summed E-state index contributed by atoms with van der Waals surface area (Å²) in [7, 11) is 0. The summed E-state index contributed by atoms with van der Waals surface area (Å²) in [6.45, 7) is 10.1. The van der Waals surface area contributed by atoms with E-state index in [0.29, 0.717) is 12.8 Å². The molecule has 0 aromatic rings. The lowest BCUT2D eigenvalue weighted by Crippen LogP contribution is -2.42. The van der Waals surface area contributed by atoms with Gasteiger partial charge in [0.25, 0.3) is 0 Å². The molecule has 0 aromatic carbocycles. The second-order valence-corrected chi connectivity index (χ2v) is 8.16. The van der Waals surface area contributed by atoms with E-state index in [1.807, 2.05) is 27.7 Å². The number of esters is 1. The van der Waals surface area contributed by atoms with Gasteiger partial charge < -0.3 is 4.74 Å². The van der Waals surface area contributed by atoms with Gasteiger partial charge in [0.05, 0.1) is 6.42 Å². The number of fused-ring (bicyclic) bond motifs is 1. The molecule has 2 aliphatic carbocycles. The first-order chi connectivity index (χ1) is 9.62. The summed E-state index contributed by atoms with van der Waals surface area (Å²) in [5.74, 6) is -0.233. The summed E-state index contributed by atoms with van der Waals surface area (Å²) in [6.07, 6.45) is 4.93. The van der Waals surface area contributed by atoms with E-state index in [4.69, 9.17) is 4.74 Å². The maximum absolute atomic E-state index is 12.5. The first-order valence-corrected chi connectivity index (χ1v) is 8.06. The number of rotatable bonds is 2. The lowest BCUT2D eigenvalue weighted by atomic mass is 9.63. The molecule has 0 spiro atoms. The minimum atomic E-state index is -0.577. The average molecular weight is 292 g/mol. The fourth-order valence-corrected chi connectivity index (χ4v) is 3.76. The van der Waals surface area contributed by atoms with Crippen LogP contribution in [0.5, 0.6) is 0 Å². The SMILES string of the molecule is CC1=C2CCCC[C@@]2(C)C[C@@H](OC(=O)CC(C)(C)C)C1=O. The molecular weight excluding hydrogens is 264 g/mol. The molecular formula is C18H28O3. The quantitative estimate of drug-likeness (QED) is 0.716. The van der Waals surface area contributed by atoms with Gasteiger partial charge in [-0.25, -0.2) is 0 Å². The van der Waals surface area contributed by atoms with E-state index in [9.17, 15) is 9.59 Å². The van der Waals surface area contributed by atoms with E-state index in [1.54, 1.807) is 0 Å². The Hall–Kier alpha value is -1.12. The zero-order valence-corrected chi connectivity index (χ0v) is 14.0. The summed E-state index contributed by atoms with van der Waals surface area (Å²) in [5.41, 5.74) is 2.08. The summed E-state index contributed by atoms with van der Waals surface area (Å²) in [5, 5.41) is 0. The largest absolute Gasteiger partial charge is 0.454 e. The molecule has 0 bridgehead atoms. The fraction of sp³-hybridized carbons (Fsp3) is 0.778. The zero-order chi connectivity index (χ0) is 15.8. The highest BCUT2D eigenvalue weighted by atomic mass is 16.5. The molecule has 0 aromatic heterocycles. The molecule has 1 fully saturated rings. The van der Waals surface area contributed by atoms with Crippen LogP contribution in [0.25, 0.3) is 0 Å². The van der Waals surface area contributed by atoms with Crippen LogP contribution in [0.15, 0.2) is 11.1 Å². The van der Waals surface area contributed by atoms with Gasteiger partial charge in [0.2, 0.25) is 0 Å². The monoisotopic (exact) mass is 292 g/mol. The van der Waals surface area contributed by atoms with Gasteiger partial charge in [-0.3, -0.25) is 9.59 Å². The van der Waals surface area contributed by atoms with Crippen LogP contribution in [0.3, 0.4) is 0 Å². The van der Waals surface area contributed by atoms with E-state index >= 15 is 0 Å². The van der Waals surface area contributed by atoms with Gasteiger partial charge >= 0.3 is 5.97 Å². The Bertz CT molecular complexity index is 481. The van der Waals surface area contributed by atoms with Crippen LogP contribution in [0, 0.1) is 10.8 Å². The third-order valence-electron chi connectivity index (χ3n) is 4.83. The van der Waals surface area contributed by atoms with E-state index in [2.05, 4.69) is 6.92 Å². The second-order valence-electron chi connectivity index (χ2n) is 8.16. The molecule has 3 nitrogen and oxygen atoms in total. The summed E-state index contributed by atoms with van der Waals surface area (Å²) in [4.78, 5) is 24.5. The first-order valence-electron chi connectivity index (χ1n) is 8.06. The standard InChI is InChI=1S/C18H28O3/c1-12-13-8-6-7-9-18(13,5)10-14(16(12)20)21-15(19)11-17(2,3)4/h14H,6-11H2,1-5H3/t14-,18+/m1/s1. The number of ketones is 1. The van der Waals surface area contributed by atoms with Crippen molar-refractivity contribution in [2.75, 3.05) is 0 Å². The van der Waals surface area contributed by atoms with Gasteiger partial charge in [-0.15, -0.1) is 0 Å². The molecule has 2 rings (SSSR count). The number of carbonyl (C=O) groups is 2. The van der Waals surface area contributed by atoms with Crippen molar-refractivity contribution in [3.63, 3.8) is 0 Å². The highest BCUT2D eigenvalue weighted by molar-refractivity contribution is 6.01. The fourth-order valence-electron chi connectivity index (χ4n) is 3.76. The Balaban J connectivity index is 2.14. The molecule has 0 N–H and O–H groups in total. The number of Topliss-reactive ketones (excluding diaryl/α,β-unsaturated/α-hetero) is 1. The third-order valence-corrected chi connectivity index (χ3v) is 4.83. The molecule has 118 valence electrons. The zero-order valence-electron chi connectivity index (χ0n) is 14.0. The summed E-state index contributed by atoms with van der Waals surface area (Å²) in [6, 6.07) is 0. The van der Waals surface area contributed by atoms with Crippen LogP contribution >= 0.6 is 0 Å². The molecule has 0 unspecified atom stereocenters. The van der Waals surface area contributed by atoms with Crippen LogP contribution in [0.4, 0.5) is 0 Å². The van der Waals surface area contributed by atoms with Crippen molar-refractivity contribution < 1.29 is 14.3 Å². The topological polar surface area (TPSA) is 43.4 Å².